The van der Waals surface area contributed by atoms with Gasteiger partial charge < -0.3 is 35.2 Å². The smallest absolute Gasteiger partial charge is 0.407 e. The summed E-state index contributed by atoms with van der Waals surface area (Å²) in [5, 5.41) is 5.98. The molecule has 0 bridgehead atoms. The number of rotatable bonds is 8. The largest absolute Gasteiger partial charge is 0.454 e. The lowest BCUT2D eigenvalue weighted by molar-refractivity contribution is 0.0170. The van der Waals surface area contributed by atoms with Crippen molar-refractivity contribution in [1.82, 2.24) is 15.5 Å². The molecule has 0 aromatic carbocycles. The summed E-state index contributed by atoms with van der Waals surface area (Å²) in [4.78, 5) is 29.2. The van der Waals surface area contributed by atoms with E-state index in [4.69, 9.17) is 19.6 Å². The third kappa shape index (κ3) is 10.1. The minimum Gasteiger partial charge on any atom is -0.454 e. The maximum absolute atomic E-state index is 11.6. The molecule has 0 unspecified atom stereocenters. The monoisotopic (exact) mass is 565 g/mol. The predicted molar refractivity (Wildman–Crippen MR) is 132 cm³/mol. The molecular weight excluding hydrogens is 529 g/mol. The molecule has 11 heteroatoms. The molecule has 2 heterocycles. The highest BCUT2D eigenvalue weighted by atomic mass is 127. The number of piperidine rings is 1. The average molecular weight is 565 g/mol. The number of furan rings is 1. The summed E-state index contributed by atoms with van der Waals surface area (Å²) in [6, 6.07) is 3.28. The molecule has 2 rings (SSSR count). The predicted octanol–water partition coefficient (Wildman–Crippen LogP) is 2.47. The Balaban J connectivity index is 0.00000512. The third-order valence-electron chi connectivity index (χ3n) is 4.62. The Morgan fingerprint density at radius 3 is 2.50 bits per heavy atom. The van der Waals surface area contributed by atoms with Gasteiger partial charge in [0.1, 0.15) is 11.4 Å². The summed E-state index contributed by atoms with van der Waals surface area (Å²) in [5.41, 5.74) is 4.71. The molecule has 1 aromatic rings. The van der Waals surface area contributed by atoms with Crippen molar-refractivity contribution in [1.29, 1.82) is 0 Å². The summed E-state index contributed by atoms with van der Waals surface area (Å²) < 4.78 is 16.5. The maximum Gasteiger partial charge on any atom is 0.407 e. The number of alkyl carbamates (subject to hydrolysis) is 1. The van der Waals surface area contributed by atoms with Crippen molar-refractivity contribution >= 4 is 41.9 Å². The molecule has 1 aromatic heterocycles. The minimum atomic E-state index is -0.585. The van der Waals surface area contributed by atoms with E-state index in [2.05, 4.69) is 20.5 Å². The van der Waals surface area contributed by atoms with Gasteiger partial charge in [-0.1, -0.05) is 0 Å². The molecule has 4 N–H and O–H groups in total. The van der Waals surface area contributed by atoms with Crippen LogP contribution < -0.4 is 16.4 Å². The van der Waals surface area contributed by atoms with Gasteiger partial charge in [0.15, 0.2) is 11.7 Å². The van der Waals surface area contributed by atoms with Crippen molar-refractivity contribution in [3.8, 4) is 0 Å². The molecule has 1 aliphatic rings. The van der Waals surface area contributed by atoms with Crippen LogP contribution >= 0.6 is 24.0 Å². The Bertz CT molecular complexity index is 754. The summed E-state index contributed by atoms with van der Waals surface area (Å²) in [6.45, 7) is 8.69. The zero-order valence-corrected chi connectivity index (χ0v) is 21.6. The Hall–Kier alpha value is -2.02. The zero-order valence-electron chi connectivity index (χ0n) is 19.3. The summed E-state index contributed by atoms with van der Waals surface area (Å²) >= 11 is 0. The SMILES string of the molecule is CN=C(NCc1ccc(C(N)=O)o1)N1CCC(OCCCNC(=O)OC(C)(C)C)CC1.I. The van der Waals surface area contributed by atoms with Crippen molar-refractivity contribution in [2.24, 2.45) is 10.7 Å². The van der Waals surface area contributed by atoms with Crippen molar-refractivity contribution in [2.45, 2.75) is 58.3 Å². The number of hydrogen-bond acceptors (Lipinski definition) is 6. The second-order valence-electron chi connectivity index (χ2n) is 8.37. The van der Waals surface area contributed by atoms with E-state index in [1.165, 1.54) is 0 Å². The molecule has 10 nitrogen and oxygen atoms in total. The van der Waals surface area contributed by atoms with E-state index >= 15 is 0 Å². The number of primary amides is 1. The molecule has 0 radical (unpaired) electrons. The first-order valence-corrected chi connectivity index (χ1v) is 10.6. The van der Waals surface area contributed by atoms with Gasteiger partial charge in [-0.15, -0.1) is 24.0 Å². The van der Waals surface area contributed by atoms with Crippen LogP contribution in [0.5, 0.6) is 0 Å². The van der Waals surface area contributed by atoms with Crippen molar-refractivity contribution in [3.63, 3.8) is 0 Å². The van der Waals surface area contributed by atoms with Gasteiger partial charge in [-0.25, -0.2) is 4.79 Å². The number of carbonyl (C=O) groups excluding carboxylic acids is 2. The van der Waals surface area contributed by atoms with Crippen LogP contribution in [0.25, 0.3) is 0 Å². The Labute approximate surface area is 206 Å². The van der Waals surface area contributed by atoms with Gasteiger partial charge in [0.05, 0.1) is 12.6 Å². The standard InChI is InChI=1S/C21H35N5O5.HI/c1-21(2,3)31-20(28)24-10-5-13-29-15-8-11-26(12-9-15)19(23-4)25-14-16-6-7-17(30-16)18(22)27;/h6-7,15H,5,8-14H2,1-4H3,(H2,22,27)(H,23,25)(H,24,28);1H. The Kier molecular flexibility index (Phi) is 11.8. The highest BCUT2D eigenvalue weighted by molar-refractivity contribution is 14.0. The van der Waals surface area contributed by atoms with Gasteiger partial charge in [-0.2, -0.15) is 0 Å². The summed E-state index contributed by atoms with van der Waals surface area (Å²) in [6.07, 6.45) is 2.32. The number of amides is 2. The molecule has 32 heavy (non-hydrogen) atoms. The number of nitrogens with one attached hydrogen (secondary N) is 2. The minimum absolute atomic E-state index is 0. The number of guanidine groups is 1. The van der Waals surface area contributed by atoms with Crippen LogP contribution in [0.1, 0.15) is 56.3 Å². The number of halogens is 1. The first-order valence-electron chi connectivity index (χ1n) is 10.6. The van der Waals surface area contributed by atoms with Crippen molar-refractivity contribution in [3.05, 3.63) is 23.7 Å². The van der Waals surface area contributed by atoms with E-state index in [0.29, 0.717) is 25.5 Å². The molecule has 1 saturated heterocycles. The van der Waals surface area contributed by atoms with Crippen LogP contribution in [0.4, 0.5) is 4.79 Å². The van der Waals surface area contributed by atoms with E-state index in [0.717, 1.165) is 38.3 Å². The lowest BCUT2D eigenvalue weighted by Crippen LogP contribution is -2.46. The summed E-state index contributed by atoms with van der Waals surface area (Å²) in [5.74, 6) is 0.953. The number of hydrogen-bond donors (Lipinski definition) is 3. The first kappa shape index (κ1) is 28.0. The quantitative estimate of drug-likeness (QED) is 0.191. The average Bonchev–Trinajstić information content (AvgIpc) is 3.17. The van der Waals surface area contributed by atoms with E-state index in [9.17, 15) is 9.59 Å². The third-order valence-corrected chi connectivity index (χ3v) is 4.62. The molecule has 0 aliphatic carbocycles. The number of ether oxygens (including phenoxy) is 2. The lowest BCUT2D eigenvalue weighted by atomic mass is 10.1. The highest BCUT2D eigenvalue weighted by Crippen LogP contribution is 2.15. The number of nitrogens with two attached hydrogens (primary N) is 1. The first-order chi connectivity index (χ1) is 14.7. The van der Waals surface area contributed by atoms with Crippen LogP contribution in [0, 0.1) is 0 Å². The maximum atomic E-state index is 11.6. The molecular formula is C21H36IN5O5. The molecule has 1 fully saturated rings. The van der Waals surface area contributed by atoms with Crippen LogP contribution in [0.15, 0.2) is 21.5 Å². The van der Waals surface area contributed by atoms with Crippen LogP contribution in [-0.2, 0) is 16.0 Å². The molecule has 0 atom stereocenters. The number of likely N-dealkylation sites (tertiary alicyclic amines) is 1. The van der Waals surface area contributed by atoms with Gasteiger partial charge >= 0.3 is 6.09 Å². The van der Waals surface area contributed by atoms with Crippen LogP contribution in [0.2, 0.25) is 0 Å². The lowest BCUT2D eigenvalue weighted by Gasteiger charge is -2.34. The fraction of sp³-hybridized carbons (Fsp3) is 0.667. The van der Waals surface area contributed by atoms with Crippen molar-refractivity contribution in [2.75, 3.05) is 33.3 Å². The van der Waals surface area contributed by atoms with Gasteiger partial charge in [0.25, 0.3) is 5.91 Å². The van der Waals surface area contributed by atoms with Gasteiger partial charge in [-0.3, -0.25) is 9.79 Å². The number of aliphatic imine (C=N–C) groups is 1. The van der Waals surface area contributed by atoms with E-state index < -0.39 is 17.6 Å². The summed E-state index contributed by atoms with van der Waals surface area (Å²) in [7, 11) is 1.74. The normalized spacial score (nSPS) is 15.1. The second kappa shape index (κ2) is 13.5. The van der Waals surface area contributed by atoms with Gasteiger partial charge in [-0.05, 0) is 52.2 Å². The molecule has 182 valence electrons. The van der Waals surface area contributed by atoms with Gasteiger partial charge in [0.2, 0.25) is 0 Å². The van der Waals surface area contributed by atoms with E-state index in [-0.39, 0.29) is 35.8 Å². The van der Waals surface area contributed by atoms with Crippen LogP contribution in [-0.4, -0.2) is 67.9 Å². The Morgan fingerprint density at radius 2 is 1.94 bits per heavy atom. The molecule has 0 spiro atoms. The number of nitrogens with zero attached hydrogens (tertiary/aromatic N) is 2. The fourth-order valence-corrected chi connectivity index (χ4v) is 3.16. The molecule has 1 aliphatic heterocycles. The zero-order chi connectivity index (χ0) is 22.9. The molecule has 0 saturated carbocycles. The number of carbonyl (C=O) groups is 2. The molecule has 2 amide bonds. The fourth-order valence-electron chi connectivity index (χ4n) is 3.16. The van der Waals surface area contributed by atoms with Gasteiger partial charge in [0, 0.05) is 33.3 Å². The van der Waals surface area contributed by atoms with E-state index in [1.54, 1.807) is 19.2 Å². The topological polar surface area (TPSA) is 131 Å². The van der Waals surface area contributed by atoms with Crippen LogP contribution in [0.3, 0.4) is 0 Å². The Morgan fingerprint density at radius 1 is 1.25 bits per heavy atom. The van der Waals surface area contributed by atoms with E-state index in [1.807, 2.05) is 20.8 Å². The highest BCUT2D eigenvalue weighted by Gasteiger charge is 2.22. The van der Waals surface area contributed by atoms with Crippen molar-refractivity contribution < 1.29 is 23.5 Å². The second-order valence-corrected chi connectivity index (χ2v) is 8.37.